The molecular weight excluding hydrogens is 320 g/mol. The van der Waals surface area contributed by atoms with Gasteiger partial charge in [-0.2, -0.15) is 0 Å². The Morgan fingerprint density at radius 2 is 2.20 bits per heavy atom. The van der Waals surface area contributed by atoms with Crippen molar-refractivity contribution < 1.29 is 23.8 Å². The molecular formula is C20H28O5. The van der Waals surface area contributed by atoms with Gasteiger partial charge in [-0.1, -0.05) is 32.9 Å². The fourth-order valence-electron chi connectivity index (χ4n) is 5.31. The van der Waals surface area contributed by atoms with E-state index in [1.54, 1.807) is 0 Å². The molecule has 9 atom stereocenters. The minimum absolute atomic E-state index is 0.118. The van der Waals surface area contributed by atoms with E-state index in [1.807, 2.05) is 20.8 Å². The minimum atomic E-state index is -0.341. The van der Waals surface area contributed by atoms with Crippen molar-refractivity contribution in [1.29, 1.82) is 0 Å². The van der Waals surface area contributed by atoms with Gasteiger partial charge in [-0.05, 0) is 25.7 Å². The third kappa shape index (κ3) is 2.38. The average Bonchev–Trinajstić information content (AvgIpc) is 3.03. The molecule has 0 amide bonds. The maximum absolute atomic E-state index is 12.4. The van der Waals surface area contributed by atoms with E-state index in [1.165, 1.54) is 0 Å². The Bertz CT molecular complexity index is 628. The lowest BCUT2D eigenvalue weighted by atomic mass is 9.77. The van der Waals surface area contributed by atoms with Crippen LogP contribution in [-0.2, 0) is 23.8 Å². The smallest absolute Gasteiger partial charge is 0.309 e. The molecule has 0 aromatic heterocycles. The lowest BCUT2D eigenvalue weighted by Crippen LogP contribution is -2.42. The maximum Gasteiger partial charge on any atom is 0.309 e. The van der Waals surface area contributed by atoms with E-state index < -0.39 is 0 Å². The number of carbonyl (C=O) groups excluding carboxylic acids is 2. The van der Waals surface area contributed by atoms with Crippen molar-refractivity contribution in [1.82, 2.24) is 0 Å². The Hall–Kier alpha value is -1.36. The standard InChI is InChI=1S/C20H28O5/c1-6-9(2)18(21)23-13-7-10(3)12-8-14-20(5,25-14)16(12)17-15(13)11(4)19(22)24-17/h9,11-17H,3,6-8H2,1-2,4-5H3/t9-,11+,12+,13+,14-,15-,16+,17+,20-/m1/s1. The molecule has 25 heavy (non-hydrogen) atoms. The molecule has 2 aliphatic carbocycles. The summed E-state index contributed by atoms with van der Waals surface area (Å²) in [5, 5.41) is 0. The molecule has 5 heteroatoms. The number of rotatable bonds is 3. The summed E-state index contributed by atoms with van der Waals surface area (Å²) in [5.74, 6) is -0.503. The third-order valence-corrected chi connectivity index (χ3v) is 7.18. The molecule has 2 heterocycles. The molecule has 138 valence electrons. The summed E-state index contributed by atoms with van der Waals surface area (Å²) < 4.78 is 17.7. The van der Waals surface area contributed by atoms with Crippen molar-refractivity contribution in [2.45, 2.75) is 70.9 Å². The SMILES string of the molecule is C=C1C[C@H](OC(=O)[C@H](C)CC)[C@@H]2[C@H](OC(=O)[C@H]2C)[C@@H]2[C@H]1C[C@H]1O[C@@]21C. The van der Waals surface area contributed by atoms with E-state index in [-0.39, 0.29) is 65.4 Å². The zero-order valence-electron chi connectivity index (χ0n) is 15.5. The Morgan fingerprint density at radius 1 is 1.48 bits per heavy atom. The summed E-state index contributed by atoms with van der Waals surface area (Å²) in [6, 6.07) is 0. The Kier molecular flexibility index (Phi) is 3.80. The Balaban J connectivity index is 1.66. The molecule has 0 N–H and O–H groups in total. The van der Waals surface area contributed by atoms with E-state index in [9.17, 15) is 9.59 Å². The lowest BCUT2D eigenvalue weighted by Gasteiger charge is -2.32. The van der Waals surface area contributed by atoms with E-state index in [0.29, 0.717) is 6.42 Å². The molecule has 0 aromatic rings. The van der Waals surface area contributed by atoms with Crippen LogP contribution in [0, 0.1) is 29.6 Å². The van der Waals surface area contributed by atoms with Gasteiger partial charge in [0.15, 0.2) is 0 Å². The highest BCUT2D eigenvalue weighted by atomic mass is 16.6. The molecule has 2 saturated heterocycles. The lowest BCUT2D eigenvalue weighted by molar-refractivity contribution is -0.158. The first-order chi connectivity index (χ1) is 11.8. The van der Waals surface area contributed by atoms with Crippen LogP contribution in [0.1, 0.15) is 47.0 Å². The van der Waals surface area contributed by atoms with Gasteiger partial charge in [-0.15, -0.1) is 0 Å². The van der Waals surface area contributed by atoms with E-state index in [2.05, 4.69) is 13.5 Å². The molecule has 0 unspecified atom stereocenters. The summed E-state index contributed by atoms with van der Waals surface area (Å²) in [7, 11) is 0. The van der Waals surface area contributed by atoms with Gasteiger partial charge < -0.3 is 14.2 Å². The van der Waals surface area contributed by atoms with Gasteiger partial charge in [0, 0.05) is 18.3 Å². The summed E-state index contributed by atoms with van der Waals surface area (Å²) >= 11 is 0. The predicted molar refractivity (Wildman–Crippen MR) is 90.5 cm³/mol. The Labute approximate surface area is 149 Å². The molecule has 4 rings (SSSR count). The number of epoxide rings is 1. The summed E-state index contributed by atoms with van der Waals surface area (Å²) in [6.45, 7) is 12.2. The number of esters is 2. The van der Waals surface area contributed by atoms with Crippen LogP contribution in [0.4, 0.5) is 0 Å². The second-order valence-corrected chi connectivity index (χ2v) is 8.57. The fraction of sp³-hybridized carbons (Fsp3) is 0.800. The zero-order valence-corrected chi connectivity index (χ0v) is 15.5. The van der Waals surface area contributed by atoms with Crippen molar-refractivity contribution in [2.75, 3.05) is 0 Å². The van der Waals surface area contributed by atoms with Crippen LogP contribution in [0.15, 0.2) is 12.2 Å². The highest BCUT2D eigenvalue weighted by Crippen LogP contribution is 2.63. The van der Waals surface area contributed by atoms with Gasteiger partial charge in [0.05, 0.1) is 23.5 Å². The second kappa shape index (κ2) is 5.57. The largest absolute Gasteiger partial charge is 0.461 e. The normalized spacial score (nSPS) is 48.7. The zero-order chi connectivity index (χ0) is 18.1. The number of carbonyl (C=O) groups is 2. The first-order valence-electron chi connectivity index (χ1n) is 9.54. The highest BCUT2D eigenvalue weighted by Gasteiger charge is 2.72. The molecule has 2 aliphatic heterocycles. The summed E-state index contributed by atoms with van der Waals surface area (Å²) in [6.07, 6.45) is 1.94. The molecule has 4 fully saturated rings. The molecule has 0 radical (unpaired) electrons. The molecule has 2 saturated carbocycles. The highest BCUT2D eigenvalue weighted by molar-refractivity contribution is 5.76. The van der Waals surface area contributed by atoms with Crippen molar-refractivity contribution in [3.8, 4) is 0 Å². The van der Waals surface area contributed by atoms with Crippen LogP contribution < -0.4 is 0 Å². The van der Waals surface area contributed by atoms with Crippen LogP contribution >= 0.6 is 0 Å². The fourth-order valence-corrected chi connectivity index (χ4v) is 5.31. The van der Waals surface area contributed by atoms with E-state index >= 15 is 0 Å². The average molecular weight is 348 g/mol. The third-order valence-electron chi connectivity index (χ3n) is 7.18. The topological polar surface area (TPSA) is 65.1 Å². The molecule has 0 bridgehead atoms. The van der Waals surface area contributed by atoms with Crippen molar-refractivity contribution in [2.24, 2.45) is 29.6 Å². The molecule has 5 nitrogen and oxygen atoms in total. The number of ether oxygens (including phenoxy) is 3. The number of hydrogen-bond acceptors (Lipinski definition) is 5. The van der Waals surface area contributed by atoms with Crippen molar-refractivity contribution in [3.63, 3.8) is 0 Å². The minimum Gasteiger partial charge on any atom is -0.461 e. The van der Waals surface area contributed by atoms with Crippen LogP contribution in [0.2, 0.25) is 0 Å². The first-order valence-corrected chi connectivity index (χ1v) is 9.54. The van der Waals surface area contributed by atoms with E-state index in [4.69, 9.17) is 14.2 Å². The molecule has 0 aromatic carbocycles. The monoisotopic (exact) mass is 348 g/mol. The summed E-state index contributed by atoms with van der Waals surface area (Å²) in [5.41, 5.74) is 0.887. The van der Waals surface area contributed by atoms with Crippen LogP contribution in [-0.4, -0.2) is 35.9 Å². The molecule has 4 aliphatic rings. The number of fused-ring (bicyclic) bond motifs is 5. The first kappa shape index (κ1) is 17.1. The quantitative estimate of drug-likeness (QED) is 0.446. The van der Waals surface area contributed by atoms with Gasteiger partial charge >= 0.3 is 11.9 Å². The maximum atomic E-state index is 12.4. The van der Waals surface area contributed by atoms with Gasteiger partial charge in [0.25, 0.3) is 0 Å². The van der Waals surface area contributed by atoms with E-state index in [0.717, 1.165) is 18.4 Å². The molecule has 0 spiro atoms. The summed E-state index contributed by atoms with van der Waals surface area (Å²) in [4.78, 5) is 24.8. The van der Waals surface area contributed by atoms with Gasteiger partial charge in [-0.3, -0.25) is 9.59 Å². The second-order valence-electron chi connectivity index (χ2n) is 8.57. The van der Waals surface area contributed by atoms with Crippen LogP contribution in [0.25, 0.3) is 0 Å². The van der Waals surface area contributed by atoms with Crippen LogP contribution in [0.3, 0.4) is 0 Å². The van der Waals surface area contributed by atoms with Crippen molar-refractivity contribution >= 4 is 11.9 Å². The van der Waals surface area contributed by atoms with Crippen molar-refractivity contribution in [3.05, 3.63) is 12.2 Å². The van der Waals surface area contributed by atoms with Crippen LogP contribution in [0.5, 0.6) is 0 Å². The number of hydrogen-bond donors (Lipinski definition) is 0. The van der Waals surface area contributed by atoms with Gasteiger partial charge in [0.1, 0.15) is 12.2 Å². The Morgan fingerprint density at radius 3 is 2.88 bits per heavy atom. The van der Waals surface area contributed by atoms with Gasteiger partial charge in [-0.25, -0.2) is 0 Å². The van der Waals surface area contributed by atoms with Gasteiger partial charge in [0.2, 0.25) is 0 Å². The predicted octanol–water partition coefficient (Wildman–Crippen LogP) is 2.88.